The number of halogens is 2. The summed E-state index contributed by atoms with van der Waals surface area (Å²) in [5, 5.41) is 13.5. The minimum atomic E-state index is -0.810. The Labute approximate surface area is 198 Å². The van der Waals surface area contributed by atoms with E-state index in [9.17, 15) is 14.7 Å². The normalized spacial score (nSPS) is 16.5. The lowest BCUT2D eigenvalue weighted by atomic mass is 9.96. The number of carbonyl (C=O) groups excluding carboxylic acids is 2. The molecule has 154 valence electrons. The molecule has 2 aromatic carbocycles. The number of amides is 1. The number of anilines is 1. The lowest BCUT2D eigenvalue weighted by Gasteiger charge is -2.24. The van der Waals surface area contributed by atoms with Gasteiger partial charge in [0, 0.05) is 9.50 Å². The van der Waals surface area contributed by atoms with E-state index in [1.54, 1.807) is 35.7 Å². The second kappa shape index (κ2) is 7.87. The zero-order chi connectivity index (χ0) is 21.7. The van der Waals surface area contributed by atoms with Crippen molar-refractivity contribution in [2.45, 2.75) is 6.04 Å². The van der Waals surface area contributed by atoms with Gasteiger partial charge >= 0.3 is 0 Å². The van der Waals surface area contributed by atoms with Crippen LogP contribution in [-0.4, -0.2) is 21.8 Å². The largest absolute Gasteiger partial charge is 0.503 e. The molecule has 9 heteroatoms. The molecule has 0 saturated carbocycles. The highest BCUT2D eigenvalue weighted by Crippen LogP contribution is 2.45. The number of thiophene rings is 1. The zero-order valence-corrected chi connectivity index (χ0v) is 19.6. The van der Waals surface area contributed by atoms with Gasteiger partial charge in [-0.25, -0.2) is 4.98 Å². The van der Waals surface area contributed by atoms with Gasteiger partial charge in [-0.2, -0.15) is 0 Å². The SMILES string of the molecule is O=C(C1=C(O)C(=O)N(c2nc3ccc(Cl)cc3s2)C1c1cccc(Br)c1)c1cccs1. The van der Waals surface area contributed by atoms with Gasteiger partial charge in [0.25, 0.3) is 5.91 Å². The summed E-state index contributed by atoms with van der Waals surface area (Å²) in [6.07, 6.45) is 0. The van der Waals surface area contributed by atoms with Gasteiger partial charge in [-0.1, -0.05) is 57.1 Å². The molecule has 2 aromatic heterocycles. The molecular weight excluding hydrogens is 520 g/mol. The number of ketones is 1. The highest BCUT2D eigenvalue weighted by atomic mass is 79.9. The first kappa shape index (κ1) is 20.4. The van der Waals surface area contributed by atoms with Crippen LogP contribution in [0.1, 0.15) is 21.3 Å². The van der Waals surface area contributed by atoms with Gasteiger partial charge in [0.15, 0.2) is 10.9 Å². The first-order chi connectivity index (χ1) is 14.9. The van der Waals surface area contributed by atoms with Gasteiger partial charge in [0.05, 0.1) is 26.7 Å². The van der Waals surface area contributed by atoms with Crippen LogP contribution in [0.25, 0.3) is 10.2 Å². The van der Waals surface area contributed by atoms with Crippen LogP contribution >= 0.6 is 50.2 Å². The van der Waals surface area contributed by atoms with Crippen LogP contribution in [0, 0.1) is 0 Å². The van der Waals surface area contributed by atoms with E-state index in [0.717, 1.165) is 9.17 Å². The van der Waals surface area contributed by atoms with Crippen LogP contribution in [0.4, 0.5) is 5.13 Å². The summed E-state index contributed by atoms with van der Waals surface area (Å²) in [6.45, 7) is 0. The molecule has 4 aromatic rings. The molecule has 3 heterocycles. The maximum absolute atomic E-state index is 13.3. The molecule has 5 rings (SSSR count). The molecule has 1 aliphatic heterocycles. The summed E-state index contributed by atoms with van der Waals surface area (Å²) in [5.41, 5.74) is 1.41. The predicted molar refractivity (Wildman–Crippen MR) is 127 cm³/mol. The second-order valence-corrected chi connectivity index (χ2v) is 10.1. The number of benzene rings is 2. The zero-order valence-electron chi connectivity index (χ0n) is 15.6. The maximum Gasteiger partial charge on any atom is 0.296 e. The summed E-state index contributed by atoms with van der Waals surface area (Å²) < 4.78 is 1.60. The molecule has 1 unspecified atom stereocenters. The number of aliphatic hydroxyl groups excluding tert-OH is 1. The first-order valence-electron chi connectivity index (χ1n) is 9.10. The number of aliphatic hydroxyl groups is 1. The standard InChI is InChI=1S/C22H12BrClN2O3S2/c23-12-4-1-3-11(9-12)18-17(19(27)15-5-2-8-30-15)20(28)21(29)26(18)22-25-14-7-6-13(24)10-16(14)31-22/h1-10,18,28H. The molecular formula is C22H12BrClN2O3S2. The van der Waals surface area contributed by atoms with E-state index < -0.39 is 17.7 Å². The highest BCUT2D eigenvalue weighted by Gasteiger charge is 2.46. The minimum Gasteiger partial charge on any atom is -0.503 e. The molecule has 1 amide bonds. The molecule has 1 atom stereocenters. The number of fused-ring (bicyclic) bond motifs is 1. The molecule has 0 aliphatic carbocycles. The molecule has 0 saturated heterocycles. The molecule has 1 N–H and O–H groups in total. The van der Waals surface area contributed by atoms with Crippen LogP contribution in [0.5, 0.6) is 0 Å². The van der Waals surface area contributed by atoms with Crippen molar-refractivity contribution < 1.29 is 14.7 Å². The molecule has 31 heavy (non-hydrogen) atoms. The van der Waals surface area contributed by atoms with Crippen molar-refractivity contribution in [1.29, 1.82) is 0 Å². The predicted octanol–water partition coefficient (Wildman–Crippen LogP) is 6.56. The van der Waals surface area contributed by atoms with Gasteiger partial charge in [-0.05, 0) is 47.3 Å². The van der Waals surface area contributed by atoms with Crippen LogP contribution in [0.3, 0.4) is 0 Å². The Hall–Kier alpha value is -2.52. The summed E-state index contributed by atoms with van der Waals surface area (Å²) in [4.78, 5) is 32.9. The fraction of sp³-hybridized carbons (Fsp3) is 0.0455. The summed E-state index contributed by atoms with van der Waals surface area (Å²) in [6, 6.07) is 15.2. The van der Waals surface area contributed by atoms with E-state index in [0.29, 0.717) is 26.1 Å². The Morgan fingerprint density at radius 3 is 2.74 bits per heavy atom. The van der Waals surface area contributed by atoms with Crippen molar-refractivity contribution >= 4 is 77.2 Å². The Kier molecular flexibility index (Phi) is 5.18. The van der Waals surface area contributed by atoms with Crippen LogP contribution in [0.2, 0.25) is 5.02 Å². The van der Waals surface area contributed by atoms with Crippen molar-refractivity contribution in [2.24, 2.45) is 0 Å². The Bertz CT molecular complexity index is 1380. The van der Waals surface area contributed by atoms with Crippen LogP contribution < -0.4 is 4.90 Å². The number of thiazole rings is 1. The van der Waals surface area contributed by atoms with Gasteiger partial charge in [-0.15, -0.1) is 11.3 Å². The lowest BCUT2D eigenvalue weighted by Crippen LogP contribution is -2.30. The lowest BCUT2D eigenvalue weighted by molar-refractivity contribution is -0.117. The Morgan fingerprint density at radius 2 is 2.00 bits per heavy atom. The van der Waals surface area contributed by atoms with E-state index in [4.69, 9.17) is 11.6 Å². The monoisotopic (exact) mass is 530 g/mol. The highest BCUT2D eigenvalue weighted by molar-refractivity contribution is 9.10. The third kappa shape index (κ3) is 3.49. The topological polar surface area (TPSA) is 70.5 Å². The first-order valence-corrected chi connectivity index (χ1v) is 12.0. The fourth-order valence-electron chi connectivity index (χ4n) is 3.56. The van der Waals surface area contributed by atoms with Crippen molar-refractivity contribution in [2.75, 3.05) is 4.90 Å². The summed E-state index contributed by atoms with van der Waals surface area (Å²) in [5.74, 6) is -1.59. The van der Waals surface area contributed by atoms with Crippen molar-refractivity contribution in [3.63, 3.8) is 0 Å². The van der Waals surface area contributed by atoms with Gasteiger partial charge in [0.1, 0.15) is 0 Å². The number of hydrogen-bond acceptors (Lipinski definition) is 6. The minimum absolute atomic E-state index is 0.0443. The molecule has 0 fully saturated rings. The number of rotatable bonds is 4. The van der Waals surface area contributed by atoms with Crippen molar-refractivity contribution in [3.8, 4) is 0 Å². The summed E-state index contributed by atoms with van der Waals surface area (Å²) in [7, 11) is 0. The van der Waals surface area contributed by atoms with E-state index in [2.05, 4.69) is 20.9 Å². The van der Waals surface area contributed by atoms with Crippen LogP contribution in [-0.2, 0) is 4.79 Å². The smallest absolute Gasteiger partial charge is 0.296 e. The summed E-state index contributed by atoms with van der Waals surface area (Å²) >= 11 is 12.1. The number of hydrogen-bond donors (Lipinski definition) is 1. The average Bonchev–Trinajstić information content (AvgIpc) is 3.46. The Morgan fingerprint density at radius 1 is 1.16 bits per heavy atom. The third-order valence-electron chi connectivity index (χ3n) is 4.91. The average molecular weight is 532 g/mol. The van der Waals surface area contributed by atoms with E-state index >= 15 is 0 Å². The van der Waals surface area contributed by atoms with Gasteiger partial charge < -0.3 is 5.11 Å². The van der Waals surface area contributed by atoms with Gasteiger partial charge in [-0.3, -0.25) is 14.5 Å². The van der Waals surface area contributed by atoms with Crippen LogP contribution in [0.15, 0.2) is 75.8 Å². The molecule has 5 nitrogen and oxygen atoms in total. The van der Waals surface area contributed by atoms with Gasteiger partial charge in [0.2, 0.25) is 5.78 Å². The van der Waals surface area contributed by atoms with Crippen molar-refractivity contribution in [3.05, 3.63) is 91.2 Å². The molecule has 0 radical (unpaired) electrons. The molecule has 0 spiro atoms. The second-order valence-electron chi connectivity index (χ2n) is 6.81. The maximum atomic E-state index is 13.3. The van der Waals surface area contributed by atoms with Crippen molar-refractivity contribution in [1.82, 2.24) is 4.98 Å². The number of Topliss-reactive ketones (excluding diaryl/α,β-unsaturated/α-hetero) is 1. The van der Waals surface area contributed by atoms with E-state index in [-0.39, 0.29) is 11.4 Å². The van der Waals surface area contributed by atoms with E-state index in [1.807, 2.05) is 24.3 Å². The molecule has 0 bridgehead atoms. The molecule has 1 aliphatic rings. The number of aromatic nitrogens is 1. The Balaban J connectivity index is 1.70. The third-order valence-corrected chi connectivity index (χ3v) is 7.52. The van der Waals surface area contributed by atoms with E-state index in [1.165, 1.54) is 27.6 Å². The fourth-order valence-corrected chi connectivity index (χ4v) is 5.92. The number of nitrogens with zero attached hydrogens (tertiary/aromatic N) is 2. The number of carbonyl (C=O) groups is 2. The quantitative estimate of drug-likeness (QED) is 0.303.